The summed E-state index contributed by atoms with van der Waals surface area (Å²) in [4.78, 5) is 22.4. The molecule has 0 aromatic carbocycles. The van der Waals surface area contributed by atoms with Crippen LogP contribution in [0.3, 0.4) is 0 Å². The second kappa shape index (κ2) is 6.03. The number of amides is 2. The van der Waals surface area contributed by atoms with E-state index in [2.05, 4.69) is 5.32 Å². The first-order valence-corrected chi connectivity index (χ1v) is 5.41. The van der Waals surface area contributed by atoms with Gasteiger partial charge in [-0.25, -0.2) is 0 Å². The molecule has 0 radical (unpaired) electrons. The molecule has 0 spiro atoms. The number of hydrogen-bond donors (Lipinski definition) is 3. The summed E-state index contributed by atoms with van der Waals surface area (Å²) in [6, 6.07) is -0.0665. The number of alkyl halides is 3. The maximum atomic E-state index is 12.4. The minimum absolute atomic E-state index is 0.0665. The largest absolute Gasteiger partial charge is 0.415 e. The van der Waals surface area contributed by atoms with Crippen LogP contribution in [0.4, 0.5) is 13.2 Å². The first kappa shape index (κ1) is 16.7. The molecule has 106 valence electrons. The van der Waals surface area contributed by atoms with Crippen LogP contribution in [0.2, 0.25) is 0 Å². The molecule has 0 heterocycles. The van der Waals surface area contributed by atoms with Gasteiger partial charge in [-0.2, -0.15) is 13.2 Å². The Morgan fingerprint density at radius 2 is 1.78 bits per heavy atom. The molecule has 1 unspecified atom stereocenters. The van der Waals surface area contributed by atoms with Crippen molar-refractivity contribution in [3.05, 3.63) is 0 Å². The van der Waals surface area contributed by atoms with Crippen LogP contribution in [0.5, 0.6) is 0 Å². The molecule has 4 N–H and O–H groups in total. The molecule has 0 aliphatic heterocycles. The Bertz CT molecular complexity index is 314. The summed E-state index contributed by atoms with van der Waals surface area (Å²) >= 11 is 0. The van der Waals surface area contributed by atoms with Gasteiger partial charge < -0.3 is 16.4 Å². The second-order valence-electron chi connectivity index (χ2n) is 4.43. The zero-order chi connectivity index (χ0) is 14.6. The molecule has 1 atom stereocenters. The lowest BCUT2D eigenvalue weighted by Gasteiger charge is -2.26. The second-order valence-corrected chi connectivity index (χ2v) is 4.43. The summed E-state index contributed by atoms with van der Waals surface area (Å²) in [5, 5.41) is 4.53. The van der Waals surface area contributed by atoms with Crippen LogP contribution in [-0.4, -0.2) is 36.1 Å². The smallest absolute Gasteiger partial charge is 0.354 e. The van der Waals surface area contributed by atoms with Crippen molar-refractivity contribution in [2.24, 2.45) is 5.73 Å². The normalized spacial score (nSPS) is 15.1. The predicted octanol–water partition coefficient (Wildman–Crippen LogP) is 0.297. The minimum atomic E-state index is -4.84. The number of hydrogen-bond acceptors (Lipinski definition) is 3. The maximum absolute atomic E-state index is 12.4. The predicted molar refractivity (Wildman–Crippen MR) is 59.6 cm³/mol. The molecule has 0 aliphatic carbocycles. The van der Waals surface area contributed by atoms with Crippen LogP contribution >= 0.6 is 0 Å². The summed E-state index contributed by atoms with van der Waals surface area (Å²) < 4.78 is 37.1. The third kappa shape index (κ3) is 4.91. The van der Waals surface area contributed by atoms with Gasteiger partial charge in [0.2, 0.25) is 11.8 Å². The van der Waals surface area contributed by atoms with Crippen molar-refractivity contribution >= 4 is 11.8 Å². The Balaban J connectivity index is 4.17. The fourth-order valence-electron chi connectivity index (χ4n) is 0.996. The Kier molecular flexibility index (Phi) is 5.59. The monoisotopic (exact) mass is 269 g/mol. The molecule has 2 amide bonds. The highest BCUT2D eigenvalue weighted by Gasteiger charge is 2.53. The van der Waals surface area contributed by atoms with E-state index in [1.165, 1.54) is 0 Å². The van der Waals surface area contributed by atoms with Crippen LogP contribution in [0.15, 0.2) is 0 Å². The Labute approximate surface area is 103 Å². The molecule has 18 heavy (non-hydrogen) atoms. The molecule has 5 nitrogen and oxygen atoms in total. The van der Waals surface area contributed by atoms with Gasteiger partial charge in [-0.15, -0.1) is 0 Å². The van der Waals surface area contributed by atoms with E-state index < -0.39 is 17.6 Å². The van der Waals surface area contributed by atoms with Gasteiger partial charge in [0, 0.05) is 19.0 Å². The van der Waals surface area contributed by atoms with Gasteiger partial charge >= 0.3 is 6.18 Å². The van der Waals surface area contributed by atoms with Crippen LogP contribution in [0, 0.1) is 0 Å². The summed E-state index contributed by atoms with van der Waals surface area (Å²) in [5.41, 5.74) is 1.94. The molecule has 0 fully saturated rings. The molecule has 0 aliphatic rings. The highest BCUT2D eigenvalue weighted by atomic mass is 19.4. The van der Waals surface area contributed by atoms with Crippen molar-refractivity contribution in [3.8, 4) is 0 Å². The van der Waals surface area contributed by atoms with Gasteiger partial charge in [0.15, 0.2) is 5.54 Å². The third-order valence-electron chi connectivity index (χ3n) is 2.15. The van der Waals surface area contributed by atoms with Crippen LogP contribution in [0.1, 0.15) is 27.2 Å². The summed E-state index contributed by atoms with van der Waals surface area (Å²) in [6.45, 7) is 3.88. The first-order chi connectivity index (χ1) is 7.98. The number of nitrogens with two attached hydrogens (primary N) is 1. The average molecular weight is 269 g/mol. The molecule has 0 aromatic heterocycles. The van der Waals surface area contributed by atoms with Crippen molar-refractivity contribution < 1.29 is 22.8 Å². The molecule has 0 rings (SSSR count). The Hall–Kier alpha value is -1.31. The van der Waals surface area contributed by atoms with Crippen LogP contribution in [0.25, 0.3) is 0 Å². The lowest BCUT2D eigenvalue weighted by atomic mass is 10.0. The average Bonchev–Trinajstić information content (AvgIpc) is 2.14. The molecular weight excluding hydrogens is 251 g/mol. The summed E-state index contributed by atoms with van der Waals surface area (Å²) in [6.07, 6.45) is -4.94. The van der Waals surface area contributed by atoms with Gasteiger partial charge in [-0.1, -0.05) is 0 Å². The Morgan fingerprint density at radius 3 is 2.17 bits per heavy atom. The highest BCUT2D eigenvalue weighted by Crippen LogP contribution is 2.27. The quantitative estimate of drug-likeness (QED) is 0.671. The van der Waals surface area contributed by atoms with E-state index in [9.17, 15) is 22.8 Å². The number of carbonyl (C=O) groups is 2. The fraction of sp³-hybridized carbons (Fsp3) is 0.800. The lowest BCUT2D eigenvalue weighted by molar-refractivity contribution is -0.187. The number of carbonyl (C=O) groups excluding carboxylic acids is 2. The van der Waals surface area contributed by atoms with E-state index in [4.69, 9.17) is 5.73 Å². The van der Waals surface area contributed by atoms with Crippen molar-refractivity contribution in [3.63, 3.8) is 0 Å². The fourth-order valence-corrected chi connectivity index (χ4v) is 0.996. The Morgan fingerprint density at radius 1 is 1.28 bits per heavy atom. The van der Waals surface area contributed by atoms with Crippen LogP contribution in [-0.2, 0) is 9.59 Å². The van der Waals surface area contributed by atoms with Gasteiger partial charge in [0.1, 0.15) is 0 Å². The van der Waals surface area contributed by atoms with Crippen molar-refractivity contribution in [2.75, 3.05) is 6.54 Å². The maximum Gasteiger partial charge on any atom is 0.415 e. The standard InChI is InChI=1S/C10H18F3N3O2/c1-6(2)16-7(17)4-5-15-8(18)9(3,14)10(11,12)13/h6H,4-5,14H2,1-3H3,(H,15,18)(H,16,17). The van der Waals surface area contributed by atoms with E-state index in [-0.39, 0.29) is 24.9 Å². The number of rotatable bonds is 5. The zero-order valence-electron chi connectivity index (χ0n) is 10.5. The van der Waals surface area contributed by atoms with Gasteiger partial charge in [-0.3, -0.25) is 9.59 Å². The van der Waals surface area contributed by atoms with Crippen molar-refractivity contribution in [1.82, 2.24) is 10.6 Å². The third-order valence-corrected chi connectivity index (χ3v) is 2.15. The molecule has 0 bridgehead atoms. The zero-order valence-corrected chi connectivity index (χ0v) is 10.5. The van der Waals surface area contributed by atoms with E-state index in [1.54, 1.807) is 13.8 Å². The van der Waals surface area contributed by atoms with E-state index in [0.717, 1.165) is 0 Å². The molecule has 8 heteroatoms. The topological polar surface area (TPSA) is 84.2 Å². The molecule has 0 aromatic rings. The SMILES string of the molecule is CC(C)NC(=O)CCNC(=O)C(C)(N)C(F)(F)F. The van der Waals surface area contributed by atoms with Crippen LogP contribution < -0.4 is 16.4 Å². The van der Waals surface area contributed by atoms with Gasteiger partial charge in [0.25, 0.3) is 0 Å². The van der Waals surface area contributed by atoms with Crippen molar-refractivity contribution in [1.29, 1.82) is 0 Å². The van der Waals surface area contributed by atoms with Gasteiger partial charge in [0.05, 0.1) is 0 Å². The summed E-state index contributed by atoms with van der Waals surface area (Å²) in [7, 11) is 0. The van der Waals surface area contributed by atoms with Gasteiger partial charge in [-0.05, 0) is 20.8 Å². The molecular formula is C10H18F3N3O2. The van der Waals surface area contributed by atoms with E-state index in [0.29, 0.717) is 6.92 Å². The first-order valence-electron chi connectivity index (χ1n) is 5.41. The van der Waals surface area contributed by atoms with E-state index >= 15 is 0 Å². The molecule has 0 saturated heterocycles. The minimum Gasteiger partial charge on any atom is -0.354 e. The number of nitrogens with one attached hydrogen (secondary N) is 2. The van der Waals surface area contributed by atoms with Crippen molar-refractivity contribution in [2.45, 2.75) is 44.9 Å². The highest BCUT2D eigenvalue weighted by molar-refractivity contribution is 5.87. The summed E-state index contributed by atoms with van der Waals surface area (Å²) in [5.74, 6) is -1.71. The number of halogens is 3. The molecule has 0 saturated carbocycles. The lowest BCUT2D eigenvalue weighted by Crippen LogP contribution is -2.61. The van der Waals surface area contributed by atoms with E-state index in [1.807, 2.05) is 5.32 Å².